The van der Waals surface area contributed by atoms with Crippen molar-refractivity contribution in [3.8, 4) is 17.0 Å². The van der Waals surface area contributed by atoms with E-state index < -0.39 is 31.1 Å². The maximum absolute atomic E-state index is 14.5. The van der Waals surface area contributed by atoms with Crippen molar-refractivity contribution >= 4 is 28.4 Å². The second kappa shape index (κ2) is 8.43. The van der Waals surface area contributed by atoms with Gasteiger partial charge >= 0.3 is 0 Å². The van der Waals surface area contributed by atoms with Gasteiger partial charge in [0.1, 0.15) is 24.1 Å². The van der Waals surface area contributed by atoms with Gasteiger partial charge in [0, 0.05) is 25.2 Å². The van der Waals surface area contributed by atoms with Gasteiger partial charge in [0.15, 0.2) is 0 Å². The van der Waals surface area contributed by atoms with Gasteiger partial charge in [0.25, 0.3) is 5.92 Å². The highest BCUT2D eigenvalue weighted by Gasteiger charge is 2.49. The maximum atomic E-state index is 14.5. The molecule has 0 radical (unpaired) electrons. The number of benzene rings is 1. The SMILES string of the molecule is COc1nc(N[C@@H]2CN(C(C)=O)CC2(F)F)nn2ccc(-c3ccc4nc(C)n(CCF)c4c3)c12. The molecule has 5 rings (SSSR count). The van der Waals surface area contributed by atoms with E-state index in [0.29, 0.717) is 5.52 Å². The summed E-state index contributed by atoms with van der Waals surface area (Å²) in [5.74, 6) is -2.67. The Bertz CT molecular complexity index is 1430. The Morgan fingerprint density at radius 2 is 2.09 bits per heavy atom. The summed E-state index contributed by atoms with van der Waals surface area (Å²) in [6.07, 6.45) is 1.68. The highest BCUT2D eigenvalue weighted by Crippen LogP contribution is 2.34. The summed E-state index contributed by atoms with van der Waals surface area (Å²) < 4.78 is 50.8. The molecule has 1 fully saturated rings. The maximum Gasteiger partial charge on any atom is 0.286 e. The Labute approximate surface area is 198 Å². The van der Waals surface area contributed by atoms with Crippen LogP contribution in [0.2, 0.25) is 0 Å². The summed E-state index contributed by atoms with van der Waals surface area (Å²) in [5.41, 5.74) is 3.69. The van der Waals surface area contributed by atoms with Gasteiger partial charge in [0.2, 0.25) is 17.7 Å². The number of halogens is 3. The first-order valence-electron chi connectivity index (χ1n) is 11.1. The molecule has 1 aliphatic heterocycles. The lowest BCUT2D eigenvalue weighted by atomic mass is 10.1. The molecule has 1 saturated heterocycles. The topological polar surface area (TPSA) is 89.6 Å². The van der Waals surface area contributed by atoms with E-state index in [-0.39, 0.29) is 24.9 Å². The molecule has 1 atom stereocenters. The number of amides is 1. The lowest BCUT2D eigenvalue weighted by molar-refractivity contribution is -0.129. The second-order valence-electron chi connectivity index (χ2n) is 8.53. The van der Waals surface area contributed by atoms with E-state index in [2.05, 4.69) is 20.4 Å². The van der Waals surface area contributed by atoms with E-state index in [1.807, 2.05) is 35.8 Å². The number of fused-ring (bicyclic) bond motifs is 2. The van der Waals surface area contributed by atoms with E-state index in [0.717, 1.165) is 32.9 Å². The largest absolute Gasteiger partial charge is 0.479 e. The molecule has 1 aromatic carbocycles. The van der Waals surface area contributed by atoms with Crippen LogP contribution in [0.25, 0.3) is 27.7 Å². The Balaban J connectivity index is 1.53. The molecule has 3 aromatic heterocycles. The van der Waals surface area contributed by atoms with Crippen LogP contribution in [0.1, 0.15) is 12.7 Å². The first kappa shape index (κ1) is 22.9. The normalized spacial score (nSPS) is 17.4. The van der Waals surface area contributed by atoms with Crippen LogP contribution in [0, 0.1) is 6.92 Å². The average molecular weight is 487 g/mol. The fourth-order valence-electron chi connectivity index (χ4n) is 4.54. The zero-order valence-corrected chi connectivity index (χ0v) is 19.4. The minimum absolute atomic E-state index is 0.0429. The molecule has 0 unspecified atom stereocenters. The van der Waals surface area contributed by atoms with Crippen molar-refractivity contribution in [3.63, 3.8) is 0 Å². The number of rotatable bonds is 6. The van der Waals surface area contributed by atoms with Crippen LogP contribution in [0.3, 0.4) is 0 Å². The Morgan fingerprint density at radius 3 is 2.77 bits per heavy atom. The van der Waals surface area contributed by atoms with Gasteiger partial charge in [-0.05, 0) is 30.7 Å². The van der Waals surface area contributed by atoms with Gasteiger partial charge in [-0.1, -0.05) is 6.07 Å². The molecule has 4 aromatic rings. The van der Waals surface area contributed by atoms with E-state index in [9.17, 15) is 18.0 Å². The predicted molar refractivity (Wildman–Crippen MR) is 124 cm³/mol. The number of ether oxygens (including phenoxy) is 1. The molecule has 35 heavy (non-hydrogen) atoms. The van der Waals surface area contributed by atoms with Gasteiger partial charge in [-0.25, -0.2) is 22.7 Å². The number of aromatic nitrogens is 5. The highest BCUT2D eigenvalue weighted by atomic mass is 19.3. The lowest BCUT2D eigenvalue weighted by Gasteiger charge is -2.19. The molecule has 0 bridgehead atoms. The van der Waals surface area contributed by atoms with Crippen LogP contribution in [0.5, 0.6) is 5.88 Å². The summed E-state index contributed by atoms with van der Waals surface area (Å²) in [5, 5.41) is 7.02. The summed E-state index contributed by atoms with van der Waals surface area (Å²) in [6, 6.07) is 6.17. The van der Waals surface area contributed by atoms with E-state index in [1.54, 1.807) is 6.20 Å². The third kappa shape index (κ3) is 3.92. The summed E-state index contributed by atoms with van der Waals surface area (Å²) >= 11 is 0. The number of methoxy groups -OCH3 is 1. The Morgan fingerprint density at radius 1 is 1.29 bits per heavy atom. The second-order valence-corrected chi connectivity index (χ2v) is 8.53. The van der Waals surface area contributed by atoms with Crippen LogP contribution in [0.15, 0.2) is 30.5 Å². The fourth-order valence-corrected chi connectivity index (χ4v) is 4.54. The molecule has 1 amide bonds. The van der Waals surface area contributed by atoms with Crippen molar-refractivity contribution in [2.75, 3.05) is 32.2 Å². The fraction of sp³-hybridized carbons (Fsp3) is 0.391. The lowest BCUT2D eigenvalue weighted by Crippen LogP contribution is -2.38. The molecular weight excluding hydrogens is 463 g/mol. The molecule has 184 valence electrons. The van der Waals surface area contributed by atoms with Gasteiger partial charge < -0.3 is 19.5 Å². The van der Waals surface area contributed by atoms with Crippen molar-refractivity contribution in [2.45, 2.75) is 32.4 Å². The van der Waals surface area contributed by atoms with Crippen molar-refractivity contribution in [1.29, 1.82) is 0 Å². The zero-order chi connectivity index (χ0) is 24.9. The number of aryl methyl sites for hydroxylation is 2. The van der Waals surface area contributed by atoms with E-state index in [1.165, 1.54) is 18.5 Å². The first-order valence-corrected chi connectivity index (χ1v) is 11.1. The minimum atomic E-state index is -3.13. The van der Waals surface area contributed by atoms with E-state index >= 15 is 0 Å². The Hall–Kier alpha value is -3.83. The van der Waals surface area contributed by atoms with Gasteiger partial charge in [0.05, 0.1) is 31.2 Å². The highest BCUT2D eigenvalue weighted by molar-refractivity contribution is 5.90. The first-order chi connectivity index (χ1) is 16.7. The number of hydrogen-bond donors (Lipinski definition) is 1. The van der Waals surface area contributed by atoms with Crippen molar-refractivity contribution in [1.82, 2.24) is 29.0 Å². The van der Waals surface area contributed by atoms with E-state index in [4.69, 9.17) is 4.74 Å². The Kier molecular flexibility index (Phi) is 5.53. The summed E-state index contributed by atoms with van der Waals surface area (Å²) in [6.45, 7) is 1.97. The van der Waals surface area contributed by atoms with Gasteiger partial charge in [-0.15, -0.1) is 5.10 Å². The molecule has 1 N–H and O–H groups in total. The minimum Gasteiger partial charge on any atom is -0.479 e. The molecule has 4 heterocycles. The number of likely N-dealkylation sites (tertiary alicyclic amines) is 1. The molecule has 1 aliphatic rings. The molecule has 0 aliphatic carbocycles. The van der Waals surface area contributed by atoms with Gasteiger partial charge in [-0.3, -0.25) is 4.79 Å². The number of imidazole rings is 1. The van der Waals surface area contributed by atoms with Crippen molar-refractivity contribution < 1.29 is 22.7 Å². The number of hydrogen-bond acceptors (Lipinski definition) is 6. The van der Waals surface area contributed by atoms with Crippen LogP contribution >= 0.6 is 0 Å². The zero-order valence-electron chi connectivity index (χ0n) is 19.4. The third-order valence-electron chi connectivity index (χ3n) is 6.29. The number of nitrogens with zero attached hydrogens (tertiary/aromatic N) is 6. The van der Waals surface area contributed by atoms with Crippen LogP contribution in [0.4, 0.5) is 19.1 Å². The monoisotopic (exact) mass is 487 g/mol. The molecule has 9 nitrogen and oxygen atoms in total. The number of alkyl halides is 3. The number of nitrogens with one attached hydrogen (secondary N) is 1. The summed E-state index contributed by atoms with van der Waals surface area (Å²) in [7, 11) is 1.44. The summed E-state index contributed by atoms with van der Waals surface area (Å²) in [4.78, 5) is 21.5. The smallest absolute Gasteiger partial charge is 0.286 e. The van der Waals surface area contributed by atoms with Crippen molar-refractivity contribution in [2.24, 2.45) is 0 Å². The van der Waals surface area contributed by atoms with Crippen LogP contribution in [-0.4, -0.2) is 73.8 Å². The van der Waals surface area contributed by atoms with Crippen LogP contribution in [-0.2, 0) is 11.3 Å². The van der Waals surface area contributed by atoms with Gasteiger partial charge in [-0.2, -0.15) is 4.98 Å². The standard InChI is InChI=1S/C23H24F3N7O2/c1-13-27-17-5-4-15(10-18(17)32(13)9-7-24)16-6-8-33-20(16)21(35-3)29-22(30-33)28-19-11-31(14(2)34)12-23(19,25)26/h4-6,8,10,19H,7,9,11-12H2,1-3H3,(H,28,30)/t19-/m1/s1. The van der Waals surface area contributed by atoms with Crippen molar-refractivity contribution in [3.05, 3.63) is 36.3 Å². The number of carbonyl (C=O) groups is 1. The molecule has 12 heteroatoms. The van der Waals surface area contributed by atoms with Crippen LogP contribution < -0.4 is 10.1 Å². The molecule has 0 saturated carbocycles. The average Bonchev–Trinajstić information content (AvgIpc) is 3.47. The quantitative estimate of drug-likeness (QED) is 0.449. The third-order valence-corrected chi connectivity index (χ3v) is 6.29. The molecular formula is C23H24F3N7O2. The predicted octanol–water partition coefficient (Wildman–Crippen LogP) is 3.31. The number of anilines is 1. The molecule has 0 spiro atoms. The number of carbonyl (C=O) groups excluding carboxylic acids is 1.